The molecule has 2 rings (SSSR count). The van der Waals surface area contributed by atoms with Gasteiger partial charge >= 0.3 is 0 Å². The molecule has 0 amide bonds. The predicted octanol–water partition coefficient (Wildman–Crippen LogP) is 2.63. The summed E-state index contributed by atoms with van der Waals surface area (Å²) in [5.74, 6) is 1.39. The molecule has 1 fully saturated rings. The van der Waals surface area contributed by atoms with Gasteiger partial charge in [0.2, 0.25) is 0 Å². The molecule has 1 saturated heterocycles. The van der Waals surface area contributed by atoms with Gasteiger partial charge in [-0.1, -0.05) is 0 Å². The molecule has 1 aromatic heterocycles. The van der Waals surface area contributed by atoms with Gasteiger partial charge in [-0.2, -0.15) is 0 Å². The van der Waals surface area contributed by atoms with E-state index in [4.69, 9.17) is 4.42 Å². The summed E-state index contributed by atoms with van der Waals surface area (Å²) < 4.78 is 6.28. The van der Waals surface area contributed by atoms with E-state index < -0.39 is 0 Å². The van der Waals surface area contributed by atoms with E-state index in [1.54, 1.807) is 0 Å². The minimum absolute atomic E-state index is 0.203. The van der Waals surface area contributed by atoms with Gasteiger partial charge in [0.1, 0.15) is 5.76 Å². The number of aliphatic hydroxyl groups excluding tert-OH is 1. The number of halogens is 1. The minimum Gasteiger partial charge on any atom is -0.453 e. The first-order valence-corrected chi connectivity index (χ1v) is 6.59. The van der Waals surface area contributed by atoms with Crippen LogP contribution in [0.5, 0.6) is 0 Å². The van der Waals surface area contributed by atoms with E-state index in [1.165, 1.54) is 0 Å². The number of hydrogen-bond acceptors (Lipinski definition) is 3. The summed E-state index contributed by atoms with van der Waals surface area (Å²) in [4.78, 5) is 2.35. The number of aliphatic hydroxyl groups is 1. The second kappa shape index (κ2) is 5.34. The second-order valence-electron chi connectivity index (χ2n) is 4.58. The lowest BCUT2D eigenvalue weighted by molar-refractivity contribution is 0.0571. The molecule has 2 heterocycles. The molecule has 0 unspecified atom stereocenters. The van der Waals surface area contributed by atoms with Crippen LogP contribution in [0.15, 0.2) is 21.2 Å². The van der Waals surface area contributed by atoms with Gasteiger partial charge in [0.05, 0.1) is 12.6 Å². The third kappa shape index (κ3) is 3.09. The third-order valence-corrected chi connectivity index (χ3v) is 3.66. The summed E-state index contributed by atoms with van der Waals surface area (Å²) in [6, 6.07) is 3.92. The minimum atomic E-state index is -0.203. The normalized spacial score (nSPS) is 24.6. The molecule has 0 aromatic carbocycles. The quantitative estimate of drug-likeness (QED) is 0.929. The summed E-state index contributed by atoms with van der Waals surface area (Å²) in [5.41, 5.74) is 0. The number of hydrogen-bond donors (Lipinski definition) is 1. The van der Waals surface area contributed by atoms with Gasteiger partial charge in [-0.25, -0.2) is 0 Å². The van der Waals surface area contributed by atoms with Crippen LogP contribution in [0.3, 0.4) is 0 Å². The van der Waals surface area contributed by atoms with E-state index >= 15 is 0 Å². The molecular formula is C12H18BrNO2. The maximum Gasteiger partial charge on any atom is 0.169 e. The number of piperidine rings is 1. The Bertz CT molecular complexity index is 338. The zero-order valence-corrected chi connectivity index (χ0v) is 11.1. The van der Waals surface area contributed by atoms with Crippen molar-refractivity contribution in [2.24, 2.45) is 5.92 Å². The summed E-state index contributed by atoms with van der Waals surface area (Å²) in [6.07, 6.45) is 2.10. The molecule has 0 spiro atoms. The first kappa shape index (κ1) is 12.1. The maximum absolute atomic E-state index is 9.61. The molecule has 90 valence electrons. The van der Waals surface area contributed by atoms with Crippen LogP contribution >= 0.6 is 15.9 Å². The first-order valence-electron chi connectivity index (χ1n) is 5.80. The van der Waals surface area contributed by atoms with Crippen molar-refractivity contribution < 1.29 is 9.52 Å². The van der Waals surface area contributed by atoms with Crippen LogP contribution < -0.4 is 0 Å². The maximum atomic E-state index is 9.61. The van der Waals surface area contributed by atoms with Crippen molar-refractivity contribution >= 4 is 15.9 Å². The van der Waals surface area contributed by atoms with E-state index in [0.717, 1.165) is 42.9 Å². The first-order chi connectivity index (χ1) is 7.65. The Labute approximate surface area is 105 Å². The fourth-order valence-electron chi connectivity index (χ4n) is 2.29. The molecule has 0 saturated carbocycles. The van der Waals surface area contributed by atoms with Gasteiger partial charge in [0.15, 0.2) is 4.67 Å². The molecule has 3 nitrogen and oxygen atoms in total. The van der Waals surface area contributed by atoms with Crippen molar-refractivity contribution in [3.05, 3.63) is 22.6 Å². The smallest absolute Gasteiger partial charge is 0.169 e. The molecule has 16 heavy (non-hydrogen) atoms. The molecule has 0 aliphatic carbocycles. The average molecular weight is 288 g/mol. The lowest BCUT2D eigenvalue weighted by Gasteiger charge is -2.33. The van der Waals surface area contributed by atoms with Gasteiger partial charge in [-0.15, -0.1) is 0 Å². The highest BCUT2D eigenvalue weighted by Gasteiger charge is 2.23. The Kier molecular flexibility index (Phi) is 4.05. The SMILES string of the molecule is C[C@@H](O)[C@@H]1CCCN(Cc2ccc(Br)o2)C1. The fourth-order valence-corrected chi connectivity index (χ4v) is 2.63. The Morgan fingerprint density at radius 3 is 3.06 bits per heavy atom. The summed E-state index contributed by atoms with van der Waals surface area (Å²) in [7, 11) is 0. The molecule has 1 aliphatic rings. The summed E-state index contributed by atoms with van der Waals surface area (Å²) in [5, 5.41) is 9.61. The van der Waals surface area contributed by atoms with Gasteiger partial charge < -0.3 is 9.52 Å². The third-order valence-electron chi connectivity index (χ3n) is 3.23. The monoisotopic (exact) mass is 287 g/mol. The average Bonchev–Trinajstić information content (AvgIpc) is 2.64. The number of likely N-dealkylation sites (tertiary alicyclic amines) is 1. The Balaban J connectivity index is 1.90. The van der Waals surface area contributed by atoms with E-state index in [1.807, 2.05) is 19.1 Å². The van der Waals surface area contributed by atoms with Crippen LogP contribution in [0, 0.1) is 5.92 Å². The standard InChI is InChI=1S/C12H18BrNO2/c1-9(15)10-3-2-6-14(7-10)8-11-4-5-12(13)16-11/h4-5,9-10,15H,2-3,6-8H2,1H3/t9-,10-/m1/s1. The van der Waals surface area contributed by atoms with Crippen LogP contribution in [0.4, 0.5) is 0 Å². The lowest BCUT2D eigenvalue weighted by atomic mass is 9.93. The molecule has 1 aromatic rings. The van der Waals surface area contributed by atoms with E-state index in [0.29, 0.717) is 5.92 Å². The van der Waals surface area contributed by atoms with Crippen molar-refractivity contribution in [3.63, 3.8) is 0 Å². The summed E-state index contributed by atoms with van der Waals surface area (Å²) >= 11 is 3.31. The van der Waals surface area contributed by atoms with Crippen molar-refractivity contribution in [3.8, 4) is 0 Å². The highest BCUT2D eigenvalue weighted by Crippen LogP contribution is 2.22. The Morgan fingerprint density at radius 2 is 2.44 bits per heavy atom. The highest BCUT2D eigenvalue weighted by molar-refractivity contribution is 9.10. The number of nitrogens with zero attached hydrogens (tertiary/aromatic N) is 1. The van der Waals surface area contributed by atoms with Crippen LogP contribution in [-0.2, 0) is 6.54 Å². The van der Waals surface area contributed by atoms with Gasteiger partial charge in [0.25, 0.3) is 0 Å². The predicted molar refractivity (Wildman–Crippen MR) is 66.1 cm³/mol. The Morgan fingerprint density at radius 1 is 1.62 bits per heavy atom. The van der Waals surface area contributed by atoms with Crippen LogP contribution in [-0.4, -0.2) is 29.2 Å². The van der Waals surface area contributed by atoms with Gasteiger partial charge in [-0.05, 0) is 60.3 Å². The molecule has 0 radical (unpaired) electrons. The summed E-state index contributed by atoms with van der Waals surface area (Å²) in [6.45, 7) is 4.80. The van der Waals surface area contributed by atoms with Crippen molar-refractivity contribution in [1.29, 1.82) is 0 Å². The zero-order valence-electron chi connectivity index (χ0n) is 9.53. The lowest BCUT2D eigenvalue weighted by Crippen LogP contribution is -2.38. The molecule has 4 heteroatoms. The molecule has 2 atom stereocenters. The highest BCUT2D eigenvalue weighted by atomic mass is 79.9. The number of furan rings is 1. The zero-order chi connectivity index (χ0) is 11.5. The van der Waals surface area contributed by atoms with Crippen molar-refractivity contribution in [1.82, 2.24) is 4.90 Å². The van der Waals surface area contributed by atoms with Crippen molar-refractivity contribution in [2.75, 3.05) is 13.1 Å². The van der Waals surface area contributed by atoms with Crippen LogP contribution in [0.25, 0.3) is 0 Å². The second-order valence-corrected chi connectivity index (χ2v) is 5.37. The fraction of sp³-hybridized carbons (Fsp3) is 0.667. The van der Waals surface area contributed by atoms with Crippen LogP contribution in [0.1, 0.15) is 25.5 Å². The molecule has 1 N–H and O–H groups in total. The van der Waals surface area contributed by atoms with Gasteiger partial charge in [0, 0.05) is 6.54 Å². The van der Waals surface area contributed by atoms with E-state index in [9.17, 15) is 5.11 Å². The molecule has 0 bridgehead atoms. The van der Waals surface area contributed by atoms with Crippen LogP contribution in [0.2, 0.25) is 0 Å². The largest absolute Gasteiger partial charge is 0.453 e. The number of rotatable bonds is 3. The Hall–Kier alpha value is -0.320. The van der Waals surface area contributed by atoms with Crippen molar-refractivity contribution in [2.45, 2.75) is 32.4 Å². The molecule has 1 aliphatic heterocycles. The van der Waals surface area contributed by atoms with Gasteiger partial charge in [-0.3, -0.25) is 4.90 Å². The molecular weight excluding hydrogens is 270 g/mol. The van der Waals surface area contributed by atoms with E-state index in [-0.39, 0.29) is 6.10 Å². The topological polar surface area (TPSA) is 36.6 Å². The van der Waals surface area contributed by atoms with E-state index in [2.05, 4.69) is 20.8 Å².